The normalized spacial score (nSPS) is 10.4. The van der Waals surface area contributed by atoms with Crippen LogP contribution < -0.4 is 10.5 Å². The van der Waals surface area contributed by atoms with E-state index in [0.717, 1.165) is 20.5 Å². The van der Waals surface area contributed by atoms with Crippen LogP contribution in [0.2, 0.25) is 4.34 Å². The summed E-state index contributed by atoms with van der Waals surface area (Å²) in [5.41, 5.74) is 7.56. The van der Waals surface area contributed by atoms with Crippen LogP contribution in [-0.2, 0) is 6.61 Å². The number of hydrogen-bond donors (Lipinski definition) is 1. The summed E-state index contributed by atoms with van der Waals surface area (Å²) in [5.74, 6) is 0.757. The van der Waals surface area contributed by atoms with Crippen LogP contribution in [0.5, 0.6) is 5.75 Å². The molecule has 0 aliphatic heterocycles. The van der Waals surface area contributed by atoms with E-state index in [9.17, 15) is 0 Å². The Kier molecular flexibility index (Phi) is 3.36. The molecule has 2 N–H and O–H groups in total. The zero-order chi connectivity index (χ0) is 11.5. The largest absolute Gasteiger partial charge is 0.486 e. The Morgan fingerprint density at radius 1 is 1.31 bits per heavy atom. The van der Waals surface area contributed by atoms with Crippen LogP contribution in [0.15, 0.2) is 30.3 Å². The maximum atomic E-state index is 5.84. The summed E-state index contributed by atoms with van der Waals surface area (Å²) in [7, 11) is 0. The Morgan fingerprint density at radius 2 is 2.12 bits per heavy atom. The molecule has 1 aromatic carbocycles. The third kappa shape index (κ3) is 2.49. The molecule has 1 heterocycles. The molecule has 2 nitrogen and oxygen atoms in total. The molecule has 0 spiro atoms. The number of thiophene rings is 1. The molecule has 0 bridgehead atoms. The topological polar surface area (TPSA) is 35.2 Å². The molecule has 0 saturated heterocycles. The fourth-order valence-electron chi connectivity index (χ4n) is 1.44. The number of ether oxygens (including phenoxy) is 1. The summed E-state index contributed by atoms with van der Waals surface area (Å²) >= 11 is 7.36. The van der Waals surface area contributed by atoms with Gasteiger partial charge in [0.1, 0.15) is 12.4 Å². The zero-order valence-electron chi connectivity index (χ0n) is 8.87. The maximum absolute atomic E-state index is 5.84. The fraction of sp³-hybridized carbons (Fsp3) is 0.167. The number of para-hydroxylation sites is 1. The number of benzene rings is 1. The summed E-state index contributed by atoms with van der Waals surface area (Å²) in [4.78, 5) is 1.09. The Bertz CT molecular complexity index is 475. The molecule has 0 radical (unpaired) electrons. The first-order chi connectivity index (χ1) is 7.66. The smallest absolute Gasteiger partial charge is 0.145 e. The van der Waals surface area contributed by atoms with E-state index in [-0.39, 0.29) is 0 Å². The minimum Gasteiger partial charge on any atom is -0.486 e. The van der Waals surface area contributed by atoms with E-state index in [4.69, 9.17) is 22.1 Å². The number of anilines is 1. The van der Waals surface area contributed by atoms with Crippen LogP contribution in [0.4, 0.5) is 5.69 Å². The highest BCUT2D eigenvalue weighted by Crippen LogP contribution is 2.28. The van der Waals surface area contributed by atoms with Gasteiger partial charge in [0.15, 0.2) is 0 Å². The monoisotopic (exact) mass is 253 g/mol. The lowest BCUT2D eigenvalue weighted by atomic mass is 10.2. The third-order valence-electron chi connectivity index (χ3n) is 2.23. The molecular formula is C12H12ClNOS. The van der Waals surface area contributed by atoms with Crippen LogP contribution in [0, 0.1) is 6.92 Å². The van der Waals surface area contributed by atoms with Crippen LogP contribution in [0.3, 0.4) is 0 Å². The van der Waals surface area contributed by atoms with Crippen LogP contribution >= 0.6 is 22.9 Å². The number of rotatable bonds is 3. The number of hydrogen-bond acceptors (Lipinski definition) is 3. The van der Waals surface area contributed by atoms with Crippen molar-refractivity contribution in [2.45, 2.75) is 13.5 Å². The number of aryl methyl sites for hydroxylation is 1. The van der Waals surface area contributed by atoms with Crippen molar-refractivity contribution in [2.75, 3.05) is 5.73 Å². The van der Waals surface area contributed by atoms with Gasteiger partial charge in [0, 0.05) is 4.88 Å². The highest BCUT2D eigenvalue weighted by Gasteiger charge is 2.05. The van der Waals surface area contributed by atoms with Crippen molar-refractivity contribution in [2.24, 2.45) is 0 Å². The molecule has 0 aliphatic carbocycles. The van der Waals surface area contributed by atoms with Gasteiger partial charge in [-0.05, 0) is 30.7 Å². The lowest BCUT2D eigenvalue weighted by molar-refractivity contribution is 0.309. The molecule has 0 saturated carbocycles. The van der Waals surface area contributed by atoms with Gasteiger partial charge < -0.3 is 10.5 Å². The van der Waals surface area contributed by atoms with Gasteiger partial charge >= 0.3 is 0 Å². The molecule has 84 valence electrons. The minimum absolute atomic E-state index is 0.506. The lowest BCUT2D eigenvalue weighted by Gasteiger charge is -2.10. The van der Waals surface area contributed by atoms with E-state index in [1.165, 1.54) is 11.3 Å². The SMILES string of the molecule is Cc1cccc(N)c1OCc1ccc(Cl)s1. The quantitative estimate of drug-likeness (QED) is 0.843. The van der Waals surface area contributed by atoms with E-state index >= 15 is 0 Å². The Balaban J connectivity index is 2.10. The summed E-state index contributed by atoms with van der Waals surface area (Å²) in [5, 5.41) is 0. The number of nitrogens with two attached hydrogens (primary N) is 1. The maximum Gasteiger partial charge on any atom is 0.145 e. The predicted octanol–water partition coefficient (Wildman–Crippen LogP) is 3.87. The van der Waals surface area contributed by atoms with Gasteiger partial charge in [-0.1, -0.05) is 23.7 Å². The first-order valence-corrected chi connectivity index (χ1v) is 6.08. The van der Waals surface area contributed by atoms with Crippen molar-refractivity contribution in [1.82, 2.24) is 0 Å². The van der Waals surface area contributed by atoms with E-state index < -0.39 is 0 Å². The molecule has 2 rings (SSSR count). The summed E-state index contributed by atoms with van der Waals surface area (Å²) in [6, 6.07) is 9.56. The second kappa shape index (κ2) is 4.76. The third-order valence-corrected chi connectivity index (χ3v) is 3.43. The highest BCUT2D eigenvalue weighted by atomic mass is 35.5. The van der Waals surface area contributed by atoms with E-state index in [2.05, 4.69) is 0 Å². The average molecular weight is 254 g/mol. The van der Waals surface area contributed by atoms with Crippen molar-refractivity contribution in [3.05, 3.63) is 45.1 Å². The zero-order valence-corrected chi connectivity index (χ0v) is 10.4. The lowest BCUT2D eigenvalue weighted by Crippen LogP contribution is -1.99. The standard InChI is InChI=1S/C12H12ClNOS/c1-8-3-2-4-10(14)12(8)15-7-9-5-6-11(13)16-9/h2-6H,7,14H2,1H3. The van der Waals surface area contributed by atoms with Crippen molar-refractivity contribution in [3.63, 3.8) is 0 Å². The van der Waals surface area contributed by atoms with E-state index in [1.807, 2.05) is 37.3 Å². The number of nitrogen functional groups attached to an aromatic ring is 1. The Morgan fingerprint density at radius 3 is 2.75 bits per heavy atom. The van der Waals surface area contributed by atoms with Gasteiger partial charge in [0.05, 0.1) is 10.0 Å². The average Bonchev–Trinajstić information content (AvgIpc) is 2.63. The molecule has 0 aliphatic rings. The van der Waals surface area contributed by atoms with Crippen molar-refractivity contribution >= 4 is 28.6 Å². The second-order valence-corrected chi connectivity index (χ2v) is 5.29. The highest BCUT2D eigenvalue weighted by molar-refractivity contribution is 7.16. The van der Waals surface area contributed by atoms with Crippen LogP contribution in [-0.4, -0.2) is 0 Å². The molecule has 4 heteroatoms. The molecule has 1 aromatic heterocycles. The van der Waals surface area contributed by atoms with Gasteiger partial charge in [0.25, 0.3) is 0 Å². The van der Waals surface area contributed by atoms with Crippen LogP contribution in [0.25, 0.3) is 0 Å². The molecule has 16 heavy (non-hydrogen) atoms. The van der Waals surface area contributed by atoms with Crippen molar-refractivity contribution in [1.29, 1.82) is 0 Å². The van der Waals surface area contributed by atoms with Crippen molar-refractivity contribution in [3.8, 4) is 5.75 Å². The molecule has 0 unspecified atom stereocenters. The van der Waals surface area contributed by atoms with Gasteiger partial charge in [-0.15, -0.1) is 11.3 Å². The number of halogens is 1. The first kappa shape index (κ1) is 11.3. The summed E-state index contributed by atoms with van der Waals surface area (Å²) in [6.07, 6.45) is 0. The Labute approximate surface area is 104 Å². The second-order valence-electron chi connectivity index (χ2n) is 3.49. The summed E-state index contributed by atoms with van der Waals surface area (Å²) in [6.45, 7) is 2.49. The Hall–Kier alpha value is -1.19. The van der Waals surface area contributed by atoms with Gasteiger partial charge in [-0.25, -0.2) is 0 Å². The molecule has 0 atom stereocenters. The van der Waals surface area contributed by atoms with Crippen molar-refractivity contribution < 1.29 is 4.74 Å². The van der Waals surface area contributed by atoms with E-state index in [0.29, 0.717) is 12.3 Å². The summed E-state index contributed by atoms with van der Waals surface area (Å²) < 4.78 is 6.47. The van der Waals surface area contributed by atoms with Gasteiger partial charge in [0.2, 0.25) is 0 Å². The molecule has 0 amide bonds. The molecule has 2 aromatic rings. The minimum atomic E-state index is 0.506. The fourth-order valence-corrected chi connectivity index (χ4v) is 2.45. The van der Waals surface area contributed by atoms with Gasteiger partial charge in [-0.2, -0.15) is 0 Å². The van der Waals surface area contributed by atoms with E-state index in [1.54, 1.807) is 0 Å². The first-order valence-electron chi connectivity index (χ1n) is 4.89. The molecule has 0 fully saturated rings. The van der Waals surface area contributed by atoms with Gasteiger partial charge in [-0.3, -0.25) is 0 Å². The predicted molar refractivity (Wildman–Crippen MR) is 69.3 cm³/mol. The molecular weight excluding hydrogens is 242 g/mol. The van der Waals surface area contributed by atoms with Crippen LogP contribution in [0.1, 0.15) is 10.4 Å².